The molecule has 0 aromatic heterocycles. The summed E-state index contributed by atoms with van der Waals surface area (Å²) in [6, 6.07) is 10.5. The van der Waals surface area contributed by atoms with Gasteiger partial charge in [0, 0.05) is 18.7 Å². The molecule has 1 atom stereocenters. The van der Waals surface area contributed by atoms with Crippen molar-refractivity contribution in [3.05, 3.63) is 35.4 Å². The normalized spacial score (nSPS) is 11.5. The molecule has 0 saturated carbocycles. The summed E-state index contributed by atoms with van der Waals surface area (Å²) in [6.45, 7) is 7.08. The molecule has 1 aromatic carbocycles. The van der Waals surface area contributed by atoms with Gasteiger partial charge in [-0.3, -0.25) is 4.90 Å². The summed E-state index contributed by atoms with van der Waals surface area (Å²) in [4.78, 5) is 2.27. The van der Waals surface area contributed by atoms with E-state index in [0.717, 1.165) is 25.2 Å². The van der Waals surface area contributed by atoms with Gasteiger partial charge in [-0.15, -0.1) is 0 Å². The van der Waals surface area contributed by atoms with E-state index in [1.807, 2.05) is 19.1 Å². The molecule has 0 aliphatic carbocycles. The van der Waals surface area contributed by atoms with E-state index in [0.29, 0.717) is 6.54 Å². The summed E-state index contributed by atoms with van der Waals surface area (Å²) in [7, 11) is 0. The van der Waals surface area contributed by atoms with E-state index in [9.17, 15) is 0 Å². The van der Waals surface area contributed by atoms with E-state index in [-0.39, 0.29) is 5.92 Å². The molecule has 1 aromatic rings. The lowest BCUT2D eigenvalue weighted by Gasteiger charge is -2.21. The highest BCUT2D eigenvalue weighted by Gasteiger charge is 2.08. The first kappa shape index (κ1) is 15.2. The third kappa shape index (κ3) is 5.57. The van der Waals surface area contributed by atoms with Crippen LogP contribution < -0.4 is 5.73 Å². The van der Waals surface area contributed by atoms with Crippen molar-refractivity contribution in [3.8, 4) is 17.9 Å². The first-order valence-corrected chi connectivity index (χ1v) is 6.59. The zero-order valence-electron chi connectivity index (χ0n) is 11.7. The van der Waals surface area contributed by atoms with Gasteiger partial charge in [-0.2, -0.15) is 5.26 Å². The minimum atomic E-state index is 0.0645. The SMILES string of the molecule is CCN(Cc1ccc(C#CCN)cc1)CC(C)C#N. The molecule has 0 saturated heterocycles. The van der Waals surface area contributed by atoms with Gasteiger partial charge in [-0.25, -0.2) is 0 Å². The lowest BCUT2D eigenvalue weighted by atomic mass is 10.1. The van der Waals surface area contributed by atoms with Crippen LogP contribution in [0.4, 0.5) is 0 Å². The van der Waals surface area contributed by atoms with Crippen molar-refractivity contribution in [2.24, 2.45) is 11.7 Å². The average molecular weight is 255 g/mol. The number of rotatable bonds is 5. The van der Waals surface area contributed by atoms with E-state index in [2.05, 4.69) is 41.9 Å². The second kappa shape index (κ2) is 8.32. The second-order valence-corrected chi connectivity index (χ2v) is 4.56. The Labute approximate surface area is 116 Å². The highest BCUT2D eigenvalue weighted by atomic mass is 15.1. The fourth-order valence-electron chi connectivity index (χ4n) is 1.84. The molecule has 0 heterocycles. The van der Waals surface area contributed by atoms with Crippen LogP contribution in [-0.4, -0.2) is 24.5 Å². The van der Waals surface area contributed by atoms with Crippen LogP contribution in [0.3, 0.4) is 0 Å². The van der Waals surface area contributed by atoms with Crippen LogP contribution in [0.25, 0.3) is 0 Å². The van der Waals surface area contributed by atoms with Crippen LogP contribution >= 0.6 is 0 Å². The second-order valence-electron chi connectivity index (χ2n) is 4.56. The Hall–Kier alpha value is -1.81. The molecule has 2 N–H and O–H groups in total. The maximum Gasteiger partial charge on any atom is 0.0666 e. The Bertz CT molecular complexity index is 473. The van der Waals surface area contributed by atoms with Crippen LogP contribution in [0.15, 0.2) is 24.3 Å². The first-order chi connectivity index (χ1) is 9.19. The van der Waals surface area contributed by atoms with Crippen molar-refractivity contribution in [1.29, 1.82) is 5.26 Å². The van der Waals surface area contributed by atoms with Crippen LogP contribution in [0, 0.1) is 29.1 Å². The molecule has 19 heavy (non-hydrogen) atoms. The number of hydrogen-bond acceptors (Lipinski definition) is 3. The van der Waals surface area contributed by atoms with Gasteiger partial charge in [0.1, 0.15) is 0 Å². The molecule has 0 spiro atoms. The molecule has 0 bridgehead atoms. The fourth-order valence-corrected chi connectivity index (χ4v) is 1.84. The summed E-state index contributed by atoms with van der Waals surface area (Å²) in [5.74, 6) is 5.91. The highest BCUT2D eigenvalue weighted by Crippen LogP contribution is 2.08. The van der Waals surface area contributed by atoms with Crippen molar-refractivity contribution in [2.75, 3.05) is 19.6 Å². The Morgan fingerprint density at radius 1 is 1.32 bits per heavy atom. The van der Waals surface area contributed by atoms with Crippen molar-refractivity contribution in [2.45, 2.75) is 20.4 Å². The van der Waals surface area contributed by atoms with E-state index in [1.165, 1.54) is 5.56 Å². The molecule has 0 radical (unpaired) electrons. The van der Waals surface area contributed by atoms with Gasteiger partial charge in [0.05, 0.1) is 18.5 Å². The molecule has 1 rings (SSSR count). The number of hydrogen-bond donors (Lipinski definition) is 1. The summed E-state index contributed by atoms with van der Waals surface area (Å²) < 4.78 is 0. The van der Waals surface area contributed by atoms with Crippen molar-refractivity contribution >= 4 is 0 Å². The zero-order chi connectivity index (χ0) is 14.1. The minimum absolute atomic E-state index is 0.0645. The molecule has 0 fully saturated rings. The van der Waals surface area contributed by atoms with Crippen LogP contribution in [0.2, 0.25) is 0 Å². The van der Waals surface area contributed by atoms with Crippen LogP contribution in [0.5, 0.6) is 0 Å². The van der Waals surface area contributed by atoms with E-state index in [4.69, 9.17) is 11.0 Å². The van der Waals surface area contributed by atoms with Gasteiger partial charge in [0.25, 0.3) is 0 Å². The van der Waals surface area contributed by atoms with Crippen LogP contribution in [0.1, 0.15) is 25.0 Å². The monoisotopic (exact) mass is 255 g/mol. The van der Waals surface area contributed by atoms with Gasteiger partial charge in [0.2, 0.25) is 0 Å². The molecule has 3 heteroatoms. The quantitative estimate of drug-likeness (QED) is 0.819. The third-order valence-electron chi connectivity index (χ3n) is 2.89. The Balaban J connectivity index is 2.63. The predicted octanol–water partition coefficient (Wildman–Crippen LogP) is 1.98. The van der Waals surface area contributed by atoms with Gasteiger partial charge >= 0.3 is 0 Å². The number of nitrogens with zero attached hydrogens (tertiary/aromatic N) is 2. The summed E-state index contributed by atoms with van der Waals surface area (Å²) in [5.41, 5.74) is 7.57. The van der Waals surface area contributed by atoms with Crippen molar-refractivity contribution < 1.29 is 0 Å². The average Bonchev–Trinajstić information content (AvgIpc) is 2.45. The van der Waals surface area contributed by atoms with Gasteiger partial charge in [-0.05, 0) is 31.2 Å². The summed E-state index contributed by atoms with van der Waals surface area (Å²) in [5, 5.41) is 8.86. The van der Waals surface area contributed by atoms with Gasteiger partial charge < -0.3 is 5.73 Å². The van der Waals surface area contributed by atoms with Crippen LogP contribution in [-0.2, 0) is 6.54 Å². The Morgan fingerprint density at radius 3 is 2.53 bits per heavy atom. The van der Waals surface area contributed by atoms with E-state index >= 15 is 0 Å². The molecule has 0 aliphatic heterocycles. The largest absolute Gasteiger partial charge is 0.320 e. The highest BCUT2D eigenvalue weighted by molar-refractivity contribution is 5.36. The van der Waals surface area contributed by atoms with E-state index < -0.39 is 0 Å². The topological polar surface area (TPSA) is 53.0 Å². The van der Waals surface area contributed by atoms with Crippen molar-refractivity contribution in [3.63, 3.8) is 0 Å². The number of benzene rings is 1. The molecule has 100 valence electrons. The lowest BCUT2D eigenvalue weighted by molar-refractivity contribution is 0.260. The molecule has 3 nitrogen and oxygen atoms in total. The number of nitriles is 1. The third-order valence-corrected chi connectivity index (χ3v) is 2.89. The predicted molar refractivity (Wildman–Crippen MR) is 78.1 cm³/mol. The molecular weight excluding hydrogens is 234 g/mol. The molecule has 0 amide bonds. The van der Waals surface area contributed by atoms with Gasteiger partial charge in [-0.1, -0.05) is 30.9 Å². The van der Waals surface area contributed by atoms with Gasteiger partial charge in [0.15, 0.2) is 0 Å². The molecular formula is C16H21N3. The summed E-state index contributed by atoms with van der Waals surface area (Å²) >= 11 is 0. The lowest BCUT2D eigenvalue weighted by Crippen LogP contribution is -2.27. The number of nitrogens with two attached hydrogens (primary N) is 1. The fraction of sp³-hybridized carbons (Fsp3) is 0.438. The Kier molecular flexibility index (Phi) is 6.68. The standard InChI is InChI=1S/C16H21N3/c1-3-19(12-14(2)11-18)13-16-8-6-15(7-9-16)5-4-10-17/h6-9,14H,3,10,12-13,17H2,1-2H3. The minimum Gasteiger partial charge on any atom is -0.320 e. The Morgan fingerprint density at radius 2 is 2.00 bits per heavy atom. The molecule has 1 unspecified atom stereocenters. The smallest absolute Gasteiger partial charge is 0.0666 e. The summed E-state index contributed by atoms with van der Waals surface area (Å²) in [6.07, 6.45) is 0. The maximum absolute atomic E-state index is 8.86. The maximum atomic E-state index is 8.86. The van der Waals surface area contributed by atoms with E-state index in [1.54, 1.807) is 0 Å². The zero-order valence-corrected chi connectivity index (χ0v) is 11.7. The van der Waals surface area contributed by atoms with Crippen molar-refractivity contribution in [1.82, 2.24) is 4.90 Å². The molecule has 0 aliphatic rings. The first-order valence-electron chi connectivity index (χ1n) is 6.59.